The molecule has 0 spiro atoms. The molecule has 0 bridgehead atoms. The van der Waals surface area contributed by atoms with Gasteiger partial charge in [0.2, 0.25) is 11.8 Å². The van der Waals surface area contributed by atoms with E-state index in [-0.39, 0.29) is 24.2 Å². The minimum absolute atomic E-state index is 0.0861. The fraction of sp³-hybridized carbons (Fsp3) is 0.500. The van der Waals surface area contributed by atoms with E-state index in [1.165, 1.54) is 0 Å². The Hall–Kier alpha value is -3.54. The number of methoxy groups -OCH3 is 1. The van der Waals surface area contributed by atoms with Crippen LogP contribution < -0.4 is 20.7 Å². The second kappa shape index (κ2) is 10.9. The quantitative estimate of drug-likeness (QED) is 0.462. The van der Waals surface area contributed by atoms with Crippen LogP contribution in [-0.2, 0) is 9.59 Å². The van der Waals surface area contributed by atoms with Gasteiger partial charge in [0.1, 0.15) is 23.5 Å². The fourth-order valence-corrected chi connectivity index (χ4v) is 4.13. The second-order valence-corrected chi connectivity index (χ2v) is 8.82. The lowest BCUT2D eigenvalue weighted by Crippen LogP contribution is -2.51. The molecule has 9 nitrogen and oxygen atoms in total. The highest BCUT2D eigenvalue weighted by Gasteiger charge is 2.29. The Morgan fingerprint density at radius 2 is 2.09 bits per heavy atom. The molecule has 3 atom stereocenters. The van der Waals surface area contributed by atoms with Crippen LogP contribution in [0.4, 0.5) is 0 Å². The van der Waals surface area contributed by atoms with E-state index in [1.54, 1.807) is 13.2 Å². The molecule has 1 fully saturated rings. The summed E-state index contributed by atoms with van der Waals surface area (Å²) < 4.78 is 5.34. The molecule has 2 heterocycles. The third-order valence-corrected chi connectivity index (χ3v) is 5.81. The first-order chi connectivity index (χ1) is 15.8. The van der Waals surface area contributed by atoms with Crippen molar-refractivity contribution in [3.05, 3.63) is 30.0 Å². The van der Waals surface area contributed by atoms with Gasteiger partial charge in [0.25, 0.3) is 5.91 Å². The molecule has 0 radical (unpaired) electrons. The highest BCUT2D eigenvalue weighted by Crippen LogP contribution is 2.26. The van der Waals surface area contributed by atoms with Crippen molar-refractivity contribution in [3.63, 3.8) is 0 Å². The number of hydrogen-bond donors (Lipinski definition) is 4. The van der Waals surface area contributed by atoms with Crippen LogP contribution in [0.1, 0.15) is 50.0 Å². The summed E-state index contributed by atoms with van der Waals surface area (Å²) >= 11 is 0. The van der Waals surface area contributed by atoms with Gasteiger partial charge in [-0.2, -0.15) is 5.26 Å². The molecule has 3 rings (SSSR count). The molecule has 176 valence electrons. The summed E-state index contributed by atoms with van der Waals surface area (Å²) in [5.74, 6) is -0.473. The Bertz CT molecular complexity index is 1050. The molecule has 1 saturated heterocycles. The zero-order valence-electron chi connectivity index (χ0n) is 19.2. The van der Waals surface area contributed by atoms with Crippen LogP contribution in [0.2, 0.25) is 0 Å². The molecule has 1 aliphatic rings. The number of hydrogen-bond acceptors (Lipinski definition) is 5. The zero-order chi connectivity index (χ0) is 24.0. The third-order valence-electron chi connectivity index (χ3n) is 5.81. The number of piperidine rings is 1. The molecule has 33 heavy (non-hydrogen) atoms. The molecular formula is C24H31N5O4. The number of nitriles is 1. The first kappa shape index (κ1) is 24.1. The number of amides is 3. The number of rotatable bonds is 9. The van der Waals surface area contributed by atoms with E-state index in [2.05, 4.69) is 27.0 Å². The lowest BCUT2D eigenvalue weighted by Gasteiger charge is -2.25. The van der Waals surface area contributed by atoms with Crippen LogP contribution in [0, 0.1) is 23.2 Å². The molecule has 3 amide bonds. The van der Waals surface area contributed by atoms with Crippen molar-refractivity contribution in [2.24, 2.45) is 11.8 Å². The predicted molar refractivity (Wildman–Crippen MR) is 123 cm³/mol. The minimum Gasteiger partial charge on any atom is -0.496 e. The second-order valence-electron chi connectivity index (χ2n) is 8.82. The molecule has 1 aromatic heterocycles. The Labute approximate surface area is 193 Å². The molecule has 0 saturated carbocycles. The van der Waals surface area contributed by atoms with Gasteiger partial charge in [0.15, 0.2) is 0 Å². The molecule has 2 aromatic rings. The van der Waals surface area contributed by atoms with E-state index in [0.717, 1.165) is 17.3 Å². The summed E-state index contributed by atoms with van der Waals surface area (Å²) in [6.07, 6.45) is 2.20. The van der Waals surface area contributed by atoms with Crippen molar-refractivity contribution < 1.29 is 19.1 Å². The smallest absolute Gasteiger partial charge is 0.268 e. The molecule has 1 aliphatic heterocycles. The van der Waals surface area contributed by atoms with E-state index in [4.69, 9.17) is 4.74 Å². The van der Waals surface area contributed by atoms with Crippen LogP contribution in [0.5, 0.6) is 5.75 Å². The third kappa shape index (κ3) is 6.04. The highest BCUT2D eigenvalue weighted by molar-refractivity contribution is 6.01. The number of carbonyl (C=O) groups excluding carboxylic acids is 3. The number of carbonyl (C=O) groups is 3. The van der Waals surface area contributed by atoms with Crippen molar-refractivity contribution >= 4 is 28.6 Å². The van der Waals surface area contributed by atoms with Gasteiger partial charge in [-0.15, -0.1) is 0 Å². The van der Waals surface area contributed by atoms with Gasteiger partial charge in [0.05, 0.1) is 13.2 Å². The number of ether oxygens (including phenoxy) is 1. The summed E-state index contributed by atoms with van der Waals surface area (Å²) in [7, 11) is 1.56. The summed E-state index contributed by atoms with van der Waals surface area (Å²) in [4.78, 5) is 41.0. The van der Waals surface area contributed by atoms with Crippen LogP contribution in [0.15, 0.2) is 24.3 Å². The summed E-state index contributed by atoms with van der Waals surface area (Å²) in [6, 6.07) is 7.61. The van der Waals surface area contributed by atoms with Gasteiger partial charge >= 0.3 is 0 Å². The number of H-pyrrole nitrogens is 1. The van der Waals surface area contributed by atoms with Gasteiger partial charge in [0, 0.05) is 23.4 Å². The molecular weight excluding hydrogens is 422 g/mol. The Morgan fingerprint density at radius 1 is 1.30 bits per heavy atom. The fourth-order valence-electron chi connectivity index (χ4n) is 4.13. The minimum atomic E-state index is -0.818. The molecule has 1 aromatic carbocycles. The van der Waals surface area contributed by atoms with Crippen LogP contribution in [0.3, 0.4) is 0 Å². The van der Waals surface area contributed by atoms with Crippen LogP contribution in [-0.4, -0.2) is 48.4 Å². The van der Waals surface area contributed by atoms with E-state index in [9.17, 15) is 19.6 Å². The first-order valence-corrected chi connectivity index (χ1v) is 11.3. The number of nitrogens with zero attached hydrogens (tertiary/aromatic N) is 1. The maximum Gasteiger partial charge on any atom is 0.268 e. The summed E-state index contributed by atoms with van der Waals surface area (Å²) in [6.45, 7) is 4.55. The summed E-state index contributed by atoms with van der Waals surface area (Å²) in [5, 5.41) is 18.6. The summed E-state index contributed by atoms with van der Waals surface area (Å²) in [5.41, 5.74) is 1.06. The average molecular weight is 454 g/mol. The van der Waals surface area contributed by atoms with E-state index in [1.807, 2.05) is 32.0 Å². The van der Waals surface area contributed by atoms with Crippen molar-refractivity contribution in [1.29, 1.82) is 5.26 Å². The molecule has 0 aliphatic carbocycles. The lowest BCUT2D eigenvalue weighted by atomic mass is 9.91. The topological polar surface area (TPSA) is 136 Å². The number of fused-ring (bicyclic) bond motifs is 1. The predicted octanol–water partition coefficient (Wildman–Crippen LogP) is 2.25. The monoisotopic (exact) mass is 453 g/mol. The van der Waals surface area contributed by atoms with Crippen LogP contribution in [0.25, 0.3) is 10.9 Å². The van der Waals surface area contributed by atoms with Crippen LogP contribution >= 0.6 is 0 Å². The normalized spacial score (nSPS) is 17.7. The van der Waals surface area contributed by atoms with E-state index < -0.39 is 23.9 Å². The number of benzene rings is 1. The number of aromatic amines is 1. The van der Waals surface area contributed by atoms with Crippen molar-refractivity contribution in [3.8, 4) is 11.8 Å². The van der Waals surface area contributed by atoms with Gasteiger partial charge < -0.3 is 25.7 Å². The van der Waals surface area contributed by atoms with E-state index >= 15 is 0 Å². The largest absolute Gasteiger partial charge is 0.496 e. The van der Waals surface area contributed by atoms with Gasteiger partial charge in [-0.3, -0.25) is 14.4 Å². The number of aromatic nitrogens is 1. The van der Waals surface area contributed by atoms with Crippen molar-refractivity contribution in [2.75, 3.05) is 13.7 Å². The van der Waals surface area contributed by atoms with Gasteiger partial charge in [-0.25, -0.2) is 0 Å². The standard InChI is InChI=1S/C24H31N5O4/c1-14(2)10-19(23(31)27-16(13-25)11-15-6-5-9-26-22(15)30)29-24(32)20-12-17-18(28-20)7-4-8-21(17)33-3/h4,7-8,12,14-16,19,28H,5-6,9-11H2,1-3H3,(H,26,30)(H,27,31)(H,29,32)/t15?,16-,19-/m0/s1. The van der Waals surface area contributed by atoms with Gasteiger partial charge in [-0.05, 0) is 49.8 Å². The molecule has 9 heteroatoms. The maximum atomic E-state index is 13.0. The molecule has 4 N–H and O–H groups in total. The maximum absolute atomic E-state index is 13.0. The molecule has 1 unspecified atom stereocenters. The van der Waals surface area contributed by atoms with Gasteiger partial charge in [-0.1, -0.05) is 19.9 Å². The Morgan fingerprint density at radius 3 is 2.76 bits per heavy atom. The van der Waals surface area contributed by atoms with Crippen molar-refractivity contribution in [1.82, 2.24) is 20.9 Å². The lowest BCUT2D eigenvalue weighted by molar-refractivity contribution is -0.128. The van der Waals surface area contributed by atoms with Crippen molar-refractivity contribution in [2.45, 2.75) is 51.6 Å². The highest BCUT2D eigenvalue weighted by atomic mass is 16.5. The van der Waals surface area contributed by atoms with E-state index in [0.29, 0.717) is 30.8 Å². The average Bonchev–Trinajstić information content (AvgIpc) is 3.24. The Kier molecular flexibility index (Phi) is 7.93. The Balaban J connectivity index is 1.70. The first-order valence-electron chi connectivity index (χ1n) is 11.3. The zero-order valence-corrected chi connectivity index (χ0v) is 19.2. The number of nitrogens with one attached hydrogen (secondary N) is 4. The SMILES string of the molecule is COc1cccc2[nH]c(C(=O)N[C@@H](CC(C)C)C(=O)N[C@H](C#N)CC3CCCNC3=O)cc12.